The molecule has 2 N–H and O–H groups in total. The molecule has 0 bridgehead atoms. The van der Waals surface area contributed by atoms with Gasteiger partial charge in [0, 0.05) is 39.9 Å². The molecule has 0 spiro atoms. The summed E-state index contributed by atoms with van der Waals surface area (Å²) < 4.78 is 40.8. The molecule has 1 aliphatic heterocycles. The highest BCUT2D eigenvalue weighted by atomic mass is 19.4. The predicted octanol–water partition coefficient (Wildman–Crippen LogP) is 3.32. The van der Waals surface area contributed by atoms with Gasteiger partial charge in [-0.05, 0) is 37.1 Å². The molecule has 0 aromatic carbocycles. The van der Waals surface area contributed by atoms with Crippen LogP contribution in [0.3, 0.4) is 0 Å². The SMILES string of the molecule is Cc1ncccc1C(=O)c1nc(N2CCNC(C(O)C(C)C)C2)ccc1C(F)(F)F.[HH].[HH]. The third-order valence-corrected chi connectivity index (χ3v) is 5.28. The van der Waals surface area contributed by atoms with Crippen LogP contribution in [0.4, 0.5) is 19.0 Å². The summed E-state index contributed by atoms with van der Waals surface area (Å²) in [6.45, 7) is 6.78. The molecule has 6 nitrogen and oxygen atoms in total. The van der Waals surface area contributed by atoms with Crippen molar-refractivity contribution >= 4 is 11.6 Å². The van der Waals surface area contributed by atoms with Crippen molar-refractivity contribution in [3.05, 3.63) is 53.0 Å². The second-order valence-electron chi connectivity index (χ2n) is 7.77. The van der Waals surface area contributed by atoms with E-state index in [0.717, 1.165) is 6.07 Å². The first-order valence-corrected chi connectivity index (χ1v) is 9.80. The maximum atomic E-state index is 13.6. The minimum atomic E-state index is -4.72. The first-order chi connectivity index (χ1) is 14.1. The number of aromatic nitrogens is 2. The summed E-state index contributed by atoms with van der Waals surface area (Å²) in [5.74, 6) is -0.521. The number of hydrogen-bond acceptors (Lipinski definition) is 6. The number of ketones is 1. The molecule has 0 amide bonds. The molecule has 2 aromatic rings. The molecule has 2 unspecified atom stereocenters. The van der Waals surface area contributed by atoms with Crippen LogP contribution in [0.2, 0.25) is 0 Å². The summed E-state index contributed by atoms with van der Waals surface area (Å²) >= 11 is 0. The van der Waals surface area contributed by atoms with Crippen molar-refractivity contribution < 1.29 is 25.9 Å². The van der Waals surface area contributed by atoms with E-state index in [9.17, 15) is 23.1 Å². The van der Waals surface area contributed by atoms with Gasteiger partial charge in [-0.15, -0.1) is 0 Å². The van der Waals surface area contributed by atoms with Crippen LogP contribution in [0.25, 0.3) is 0 Å². The first kappa shape index (κ1) is 22.2. The molecule has 3 rings (SSSR count). The second kappa shape index (κ2) is 8.69. The van der Waals surface area contributed by atoms with Gasteiger partial charge in [-0.25, -0.2) is 4.98 Å². The number of nitrogens with zero attached hydrogens (tertiary/aromatic N) is 3. The van der Waals surface area contributed by atoms with Crippen LogP contribution in [0.1, 0.15) is 44.0 Å². The van der Waals surface area contributed by atoms with E-state index in [1.165, 1.54) is 24.4 Å². The zero-order valence-corrected chi connectivity index (χ0v) is 17.1. The zero-order valence-electron chi connectivity index (χ0n) is 17.1. The van der Waals surface area contributed by atoms with Crippen LogP contribution in [0.15, 0.2) is 30.5 Å². The second-order valence-corrected chi connectivity index (χ2v) is 7.77. The Bertz CT molecular complexity index is 928. The van der Waals surface area contributed by atoms with Crippen LogP contribution >= 0.6 is 0 Å². The lowest BCUT2D eigenvalue weighted by Gasteiger charge is -2.38. The first-order valence-electron chi connectivity index (χ1n) is 9.80. The van der Waals surface area contributed by atoms with Gasteiger partial charge < -0.3 is 15.3 Å². The maximum Gasteiger partial charge on any atom is 0.418 e. The van der Waals surface area contributed by atoms with E-state index in [1.54, 1.807) is 11.8 Å². The smallest absolute Gasteiger partial charge is 0.391 e. The van der Waals surface area contributed by atoms with Gasteiger partial charge in [0.1, 0.15) is 11.5 Å². The summed E-state index contributed by atoms with van der Waals surface area (Å²) in [4.78, 5) is 22.9. The molecule has 0 aliphatic carbocycles. The number of hydrogen-bond donors (Lipinski definition) is 2. The van der Waals surface area contributed by atoms with Crippen molar-refractivity contribution in [1.29, 1.82) is 0 Å². The maximum absolute atomic E-state index is 13.6. The Morgan fingerprint density at radius 3 is 2.70 bits per heavy atom. The number of rotatable bonds is 5. The van der Waals surface area contributed by atoms with E-state index in [2.05, 4.69) is 15.3 Å². The summed E-state index contributed by atoms with van der Waals surface area (Å²) in [6, 6.07) is 4.88. The molecule has 3 heterocycles. The molecule has 0 radical (unpaired) electrons. The standard InChI is InChI=1S/C21H25F3N4O2.2H2/c1-12(2)19(29)16-11-28(10-9-26-16)17-7-6-15(21(22,23)24)18(27-17)20(30)14-5-4-8-25-13(14)3;;/h4-8,12,16,19,26,29H,9-11H2,1-3H3;2*1H. The van der Waals surface area contributed by atoms with Crippen LogP contribution in [0.5, 0.6) is 0 Å². The Morgan fingerprint density at radius 2 is 2.07 bits per heavy atom. The number of aliphatic hydroxyl groups excluding tert-OH is 1. The van der Waals surface area contributed by atoms with E-state index in [1.807, 2.05) is 13.8 Å². The molecular weight excluding hydrogens is 397 g/mol. The molecule has 1 fully saturated rings. The number of anilines is 1. The molecule has 2 aromatic heterocycles. The van der Waals surface area contributed by atoms with Crippen molar-refractivity contribution in [1.82, 2.24) is 15.3 Å². The largest absolute Gasteiger partial charge is 0.418 e. The fourth-order valence-electron chi connectivity index (χ4n) is 3.56. The summed E-state index contributed by atoms with van der Waals surface area (Å²) in [5.41, 5.74) is -1.30. The molecule has 30 heavy (non-hydrogen) atoms. The van der Waals surface area contributed by atoms with E-state index in [0.29, 0.717) is 25.3 Å². The molecule has 1 saturated heterocycles. The number of aryl methyl sites for hydroxylation is 1. The lowest BCUT2D eigenvalue weighted by Crippen LogP contribution is -2.57. The van der Waals surface area contributed by atoms with Gasteiger partial charge in [0.05, 0.1) is 17.7 Å². The average molecular weight is 426 g/mol. The van der Waals surface area contributed by atoms with Gasteiger partial charge in [-0.2, -0.15) is 13.2 Å². The third kappa shape index (κ3) is 4.62. The third-order valence-electron chi connectivity index (χ3n) is 5.28. The number of pyridine rings is 2. The highest BCUT2D eigenvalue weighted by molar-refractivity contribution is 6.09. The van der Waals surface area contributed by atoms with Gasteiger partial charge in [0.15, 0.2) is 0 Å². The van der Waals surface area contributed by atoms with Gasteiger partial charge >= 0.3 is 6.18 Å². The number of halogens is 3. The Labute approximate surface area is 176 Å². The van der Waals surface area contributed by atoms with Crippen LogP contribution in [0, 0.1) is 12.8 Å². The highest BCUT2D eigenvalue weighted by Gasteiger charge is 2.37. The predicted molar refractivity (Wildman–Crippen MR) is 111 cm³/mol. The molecule has 2 atom stereocenters. The summed E-state index contributed by atoms with van der Waals surface area (Å²) in [6.07, 6.45) is -3.85. The number of aliphatic hydroxyl groups is 1. The van der Waals surface area contributed by atoms with Crippen LogP contribution in [-0.4, -0.2) is 52.6 Å². The van der Waals surface area contributed by atoms with E-state index < -0.39 is 29.3 Å². The van der Waals surface area contributed by atoms with Crippen LogP contribution in [-0.2, 0) is 6.18 Å². The number of alkyl halides is 3. The Hall–Kier alpha value is -2.52. The molecule has 166 valence electrons. The van der Waals surface area contributed by atoms with E-state index in [-0.39, 0.29) is 26.2 Å². The fraction of sp³-hybridized carbons (Fsp3) is 0.476. The lowest BCUT2D eigenvalue weighted by molar-refractivity contribution is -0.138. The minimum absolute atomic E-state index is 0. The highest BCUT2D eigenvalue weighted by Crippen LogP contribution is 2.34. The zero-order chi connectivity index (χ0) is 22.1. The van der Waals surface area contributed by atoms with Gasteiger partial charge in [0.2, 0.25) is 5.78 Å². The monoisotopic (exact) mass is 426 g/mol. The van der Waals surface area contributed by atoms with Crippen molar-refractivity contribution in [2.24, 2.45) is 5.92 Å². The van der Waals surface area contributed by atoms with Crippen molar-refractivity contribution in [2.75, 3.05) is 24.5 Å². The molecular formula is C21H29F3N4O2. The Balaban J connectivity index is 0.00000256. The van der Waals surface area contributed by atoms with Gasteiger partial charge in [-0.1, -0.05) is 13.8 Å². The summed E-state index contributed by atoms with van der Waals surface area (Å²) in [5, 5.41) is 13.6. The Morgan fingerprint density at radius 1 is 1.33 bits per heavy atom. The van der Waals surface area contributed by atoms with E-state index >= 15 is 0 Å². The number of carbonyl (C=O) groups excluding carboxylic acids is 1. The fourth-order valence-corrected chi connectivity index (χ4v) is 3.56. The van der Waals surface area contributed by atoms with Crippen molar-refractivity contribution in [3.8, 4) is 0 Å². The molecule has 1 aliphatic rings. The molecule has 9 heteroatoms. The van der Waals surface area contributed by atoms with E-state index in [4.69, 9.17) is 0 Å². The number of nitrogens with one attached hydrogen (secondary N) is 1. The van der Waals surface area contributed by atoms with Gasteiger partial charge in [0.25, 0.3) is 0 Å². The lowest BCUT2D eigenvalue weighted by atomic mass is 9.97. The quantitative estimate of drug-likeness (QED) is 0.715. The van der Waals surface area contributed by atoms with Crippen molar-refractivity contribution in [3.63, 3.8) is 0 Å². The Kier molecular flexibility index (Phi) is 6.42. The number of carbonyl (C=O) groups is 1. The van der Waals surface area contributed by atoms with Gasteiger partial charge in [-0.3, -0.25) is 9.78 Å². The minimum Gasteiger partial charge on any atom is -0.391 e. The topological polar surface area (TPSA) is 78.4 Å². The normalized spacial score (nSPS) is 18.5. The molecule has 0 saturated carbocycles. The summed E-state index contributed by atoms with van der Waals surface area (Å²) in [7, 11) is 0. The van der Waals surface area contributed by atoms with Crippen LogP contribution < -0.4 is 10.2 Å². The number of piperazine rings is 1. The average Bonchev–Trinajstić information content (AvgIpc) is 2.72. The van der Waals surface area contributed by atoms with Crippen molar-refractivity contribution in [2.45, 2.75) is 39.1 Å².